The van der Waals surface area contributed by atoms with Crippen molar-refractivity contribution in [3.05, 3.63) is 34.4 Å². The molecule has 0 spiro atoms. The molecule has 0 heterocycles. The molecule has 3 nitrogen and oxygen atoms in total. The Kier molecular flexibility index (Phi) is 4.61. The van der Waals surface area contributed by atoms with E-state index in [1.165, 1.54) is 29.4 Å². The number of carbonyl (C=O) groups is 1. The van der Waals surface area contributed by atoms with Crippen molar-refractivity contribution in [1.29, 1.82) is 0 Å². The van der Waals surface area contributed by atoms with Gasteiger partial charge < -0.3 is 9.64 Å². The number of benzene rings is 1. The number of ether oxygens (including phenoxy) is 1. The highest BCUT2D eigenvalue weighted by Crippen LogP contribution is 2.27. The molecule has 0 saturated carbocycles. The summed E-state index contributed by atoms with van der Waals surface area (Å²) in [6.07, 6.45) is -0.307. The molecular weight excluding hydrogens is 238 g/mol. The van der Waals surface area contributed by atoms with E-state index >= 15 is 0 Å². The van der Waals surface area contributed by atoms with Gasteiger partial charge in [0.25, 0.3) is 0 Å². The number of carbonyl (C=O) groups excluding carboxylic acids is 1. The minimum absolute atomic E-state index is 0.141. The molecule has 0 atom stereocenters. The summed E-state index contributed by atoms with van der Waals surface area (Å²) in [6, 6.07) is 4.43. The fourth-order valence-corrected chi connectivity index (χ4v) is 2.13. The van der Waals surface area contributed by atoms with Gasteiger partial charge in [-0.05, 0) is 41.5 Å². The highest BCUT2D eigenvalue weighted by atomic mass is 16.5. The summed E-state index contributed by atoms with van der Waals surface area (Å²) < 4.78 is 4.73. The van der Waals surface area contributed by atoms with E-state index in [0.29, 0.717) is 6.54 Å². The molecule has 0 aliphatic rings. The zero-order valence-electron chi connectivity index (χ0n) is 13.1. The standard InChI is InChI=1S/C16H25NO2/c1-11-8-13(16(3,4)5)9-12(2)14(11)10-17(6)15(18)19-7/h8-9H,10H2,1-7H3. The predicted molar refractivity (Wildman–Crippen MR) is 78.5 cm³/mol. The number of nitrogens with zero attached hydrogens (tertiary/aromatic N) is 1. The molecule has 1 rings (SSSR count). The van der Waals surface area contributed by atoms with Crippen molar-refractivity contribution < 1.29 is 9.53 Å². The molecule has 3 heteroatoms. The Hall–Kier alpha value is -1.51. The van der Waals surface area contributed by atoms with Crippen LogP contribution in [0.25, 0.3) is 0 Å². The monoisotopic (exact) mass is 263 g/mol. The second kappa shape index (κ2) is 5.64. The third kappa shape index (κ3) is 3.72. The van der Waals surface area contributed by atoms with Gasteiger partial charge >= 0.3 is 6.09 Å². The Bertz CT molecular complexity index is 449. The first-order valence-electron chi connectivity index (χ1n) is 6.56. The molecular formula is C16H25NO2. The first kappa shape index (κ1) is 15.5. The van der Waals surface area contributed by atoms with Gasteiger partial charge in [0, 0.05) is 13.6 Å². The lowest BCUT2D eigenvalue weighted by atomic mass is 9.84. The summed E-state index contributed by atoms with van der Waals surface area (Å²) in [7, 11) is 3.16. The second-order valence-corrected chi connectivity index (χ2v) is 6.16. The van der Waals surface area contributed by atoms with Crippen LogP contribution in [0.2, 0.25) is 0 Å². The predicted octanol–water partition coefficient (Wildman–Crippen LogP) is 3.80. The normalized spacial score (nSPS) is 11.3. The van der Waals surface area contributed by atoms with Gasteiger partial charge in [0.1, 0.15) is 0 Å². The third-order valence-corrected chi connectivity index (χ3v) is 3.44. The van der Waals surface area contributed by atoms with Crippen LogP contribution in [-0.2, 0) is 16.7 Å². The zero-order valence-corrected chi connectivity index (χ0v) is 13.1. The molecule has 106 valence electrons. The lowest BCUT2D eigenvalue weighted by Crippen LogP contribution is -2.26. The molecule has 0 bridgehead atoms. The number of aryl methyl sites for hydroxylation is 2. The van der Waals surface area contributed by atoms with Crippen LogP contribution in [0.1, 0.15) is 43.0 Å². The fraction of sp³-hybridized carbons (Fsp3) is 0.562. The van der Waals surface area contributed by atoms with Crippen molar-refractivity contribution in [2.45, 2.75) is 46.6 Å². The SMILES string of the molecule is COC(=O)N(C)Cc1c(C)cc(C(C)(C)C)cc1C. The first-order valence-corrected chi connectivity index (χ1v) is 6.56. The van der Waals surface area contributed by atoms with E-state index in [4.69, 9.17) is 4.74 Å². The average molecular weight is 263 g/mol. The van der Waals surface area contributed by atoms with Crippen molar-refractivity contribution in [1.82, 2.24) is 4.90 Å². The largest absolute Gasteiger partial charge is 0.453 e. The number of hydrogen-bond acceptors (Lipinski definition) is 2. The molecule has 0 radical (unpaired) electrons. The van der Waals surface area contributed by atoms with Crippen molar-refractivity contribution >= 4 is 6.09 Å². The van der Waals surface area contributed by atoms with Gasteiger partial charge in [-0.25, -0.2) is 4.79 Å². The average Bonchev–Trinajstić information content (AvgIpc) is 2.30. The van der Waals surface area contributed by atoms with Crippen molar-refractivity contribution in [3.8, 4) is 0 Å². The van der Waals surface area contributed by atoms with Crippen LogP contribution in [0.5, 0.6) is 0 Å². The van der Waals surface area contributed by atoms with Crippen LogP contribution in [-0.4, -0.2) is 25.2 Å². The Labute approximate surface area is 116 Å². The Morgan fingerprint density at radius 2 is 1.68 bits per heavy atom. The smallest absolute Gasteiger partial charge is 0.409 e. The molecule has 1 aromatic rings. The molecule has 0 fully saturated rings. The minimum atomic E-state index is -0.307. The summed E-state index contributed by atoms with van der Waals surface area (Å²) >= 11 is 0. The highest BCUT2D eigenvalue weighted by Gasteiger charge is 2.18. The van der Waals surface area contributed by atoms with E-state index in [2.05, 4.69) is 46.8 Å². The molecule has 1 aromatic carbocycles. The summed E-state index contributed by atoms with van der Waals surface area (Å²) in [6.45, 7) is 11.4. The van der Waals surface area contributed by atoms with Crippen LogP contribution in [0, 0.1) is 13.8 Å². The molecule has 0 aliphatic carbocycles. The van der Waals surface area contributed by atoms with Crippen molar-refractivity contribution in [3.63, 3.8) is 0 Å². The van der Waals surface area contributed by atoms with Gasteiger partial charge in [-0.3, -0.25) is 0 Å². The fourth-order valence-electron chi connectivity index (χ4n) is 2.13. The van der Waals surface area contributed by atoms with Gasteiger partial charge in [-0.1, -0.05) is 32.9 Å². The topological polar surface area (TPSA) is 29.5 Å². The van der Waals surface area contributed by atoms with E-state index in [9.17, 15) is 4.79 Å². The van der Waals surface area contributed by atoms with Crippen LogP contribution >= 0.6 is 0 Å². The summed E-state index contributed by atoms with van der Waals surface area (Å²) in [5, 5.41) is 0. The van der Waals surface area contributed by atoms with E-state index in [0.717, 1.165) is 0 Å². The van der Waals surface area contributed by atoms with Crippen molar-refractivity contribution in [2.75, 3.05) is 14.2 Å². The summed E-state index contributed by atoms with van der Waals surface area (Å²) in [4.78, 5) is 13.1. The van der Waals surface area contributed by atoms with E-state index in [1.807, 2.05) is 0 Å². The maximum absolute atomic E-state index is 11.5. The number of hydrogen-bond donors (Lipinski definition) is 0. The lowest BCUT2D eigenvalue weighted by molar-refractivity contribution is 0.131. The quantitative estimate of drug-likeness (QED) is 0.812. The van der Waals surface area contributed by atoms with Crippen LogP contribution < -0.4 is 0 Å². The molecule has 0 saturated heterocycles. The second-order valence-electron chi connectivity index (χ2n) is 6.16. The van der Waals surface area contributed by atoms with E-state index < -0.39 is 0 Å². The molecule has 19 heavy (non-hydrogen) atoms. The number of methoxy groups -OCH3 is 1. The van der Waals surface area contributed by atoms with E-state index in [-0.39, 0.29) is 11.5 Å². The maximum atomic E-state index is 11.5. The molecule has 0 N–H and O–H groups in total. The van der Waals surface area contributed by atoms with Gasteiger partial charge in [0.2, 0.25) is 0 Å². The highest BCUT2D eigenvalue weighted by molar-refractivity contribution is 5.67. The third-order valence-electron chi connectivity index (χ3n) is 3.44. The number of amides is 1. The van der Waals surface area contributed by atoms with Crippen LogP contribution in [0.3, 0.4) is 0 Å². The van der Waals surface area contributed by atoms with Crippen LogP contribution in [0.15, 0.2) is 12.1 Å². The van der Waals surface area contributed by atoms with Crippen molar-refractivity contribution in [2.24, 2.45) is 0 Å². The van der Waals surface area contributed by atoms with Gasteiger partial charge in [0.05, 0.1) is 7.11 Å². The molecule has 0 aromatic heterocycles. The lowest BCUT2D eigenvalue weighted by Gasteiger charge is -2.24. The number of rotatable bonds is 2. The Balaban J connectivity index is 3.08. The first-order chi connectivity index (χ1) is 8.66. The summed E-state index contributed by atoms with van der Waals surface area (Å²) in [5.74, 6) is 0. The van der Waals surface area contributed by atoms with Gasteiger partial charge in [-0.2, -0.15) is 0 Å². The minimum Gasteiger partial charge on any atom is -0.453 e. The van der Waals surface area contributed by atoms with Crippen LogP contribution in [0.4, 0.5) is 4.79 Å². The van der Waals surface area contributed by atoms with E-state index in [1.54, 1.807) is 11.9 Å². The van der Waals surface area contributed by atoms with Gasteiger partial charge in [-0.15, -0.1) is 0 Å². The molecule has 0 unspecified atom stereocenters. The molecule has 0 aliphatic heterocycles. The Morgan fingerprint density at radius 3 is 2.05 bits per heavy atom. The maximum Gasteiger partial charge on any atom is 0.409 e. The molecule has 1 amide bonds. The summed E-state index contributed by atoms with van der Waals surface area (Å²) in [5.41, 5.74) is 5.11. The van der Waals surface area contributed by atoms with Gasteiger partial charge in [0.15, 0.2) is 0 Å². The Morgan fingerprint density at radius 1 is 1.21 bits per heavy atom. The zero-order chi connectivity index (χ0) is 14.8.